The first kappa shape index (κ1) is 10.7. The number of hydrogen-bond donors (Lipinski definition) is 1. The lowest BCUT2D eigenvalue weighted by molar-refractivity contribution is 0.301. The van der Waals surface area contributed by atoms with E-state index in [2.05, 4.69) is 34.6 Å². The van der Waals surface area contributed by atoms with Gasteiger partial charge in [-0.05, 0) is 43.0 Å². The summed E-state index contributed by atoms with van der Waals surface area (Å²) in [4.78, 5) is 4.38. The van der Waals surface area contributed by atoms with Gasteiger partial charge in [0.15, 0.2) is 0 Å². The molecule has 0 bridgehead atoms. The Morgan fingerprint density at radius 3 is 2.88 bits per heavy atom. The van der Waals surface area contributed by atoms with Crippen LogP contribution in [0, 0.1) is 5.92 Å². The normalized spacial score (nSPS) is 16.0. The number of para-hydroxylation sites is 1. The van der Waals surface area contributed by atoms with Crippen LogP contribution in [0.3, 0.4) is 0 Å². The molecule has 0 unspecified atom stereocenters. The third-order valence-electron chi connectivity index (χ3n) is 3.71. The van der Waals surface area contributed by atoms with Crippen LogP contribution in [0.4, 0.5) is 0 Å². The lowest BCUT2D eigenvalue weighted by Gasteiger charge is -2.25. The van der Waals surface area contributed by atoms with Crippen molar-refractivity contribution in [1.82, 2.24) is 10.3 Å². The smallest absolute Gasteiger partial charge is 0.0705 e. The maximum atomic E-state index is 4.38. The highest BCUT2D eigenvalue weighted by molar-refractivity contribution is 5.81. The molecule has 0 aliphatic heterocycles. The van der Waals surface area contributed by atoms with Gasteiger partial charge in [-0.25, -0.2) is 0 Å². The monoisotopic (exact) mass is 226 g/mol. The fraction of sp³-hybridized carbons (Fsp3) is 0.400. The van der Waals surface area contributed by atoms with Gasteiger partial charge in [-0.1, -0.05) is 24.6 Å². The number of nitrogens with zero attached hydrogens (tertiary/aromatic N) is 1. The molecule has 1 aliphatic carbocycles. The SMILES string of the molecule is c1ccc2c(CNCC3CCC3)ccnc2c1. The third kappa shape index (κ3) is 2.32. The second kappa shape index (κ2) is 4.84. The largest absolute Gasteiger partial charge is 0.312 e. The fourth-order valence-corrected chi connectivity index (χ4v) is 2.42. The number of fused-ring (bicyclic) bond motifs is 1. The highest BCUT2D eigenvalue weighted by atomic mass is 14.9. The maximum absolute atomic E-state index is 4.38. The molecule has 1 aromatic carbocycles. The highest BCUT2D eigenvalue weighted by Crippen LogP contribution is 2.25. The molecule has 1 aliphatic rings. The van der Waals surface area contributed by atoms with Gasteiger partial charge in [0.2, 0.25) is 0 Å². The Hall–Kier alpha value is -1.41. The molecule has 1 N–H and O–H groups in total. The van der Waals surface area contributed by atoms with E-state index in [4.69, 9.17) is 0 Å². The molecule has 17 heavy (non-hydrogen) atoms. The molecule has 0 radical (unpaired) electrons. The standard InChI is InChI=1S/C15H18N2/c1-2-7-15-14(6-1)13(8-9-17-15)11-16-10-12-4-3-5-12/h1-2,6-9,12,16H,3-5,10-11H2. The van der Waals surface area contributed by atoms with Gasteiger partial charge in [0.1, 0.15) is 0 Å². The first-order valence-electron chi connectivity index (χ1n) is 6.47. The van der Waals surface area contributed by atoms with Gasteiger partial charge in [-0.15, -0.1) is 0 Å². The number of benzene rings is 1. The molecule has 88 valence electrons. The molecule has 0 amide bonds. The van der Waals surface area contributed by atoms with Crippen LogP contribution in [0.2, 0.25) is 0 Å². The minimum atomic E-state index is 0.920. The summed E-state index contributed by atoms with van der Waals surface area (Å²) in [5.41, 5.74) is 2.45. The quantitative estimate of drug-likeness (QED) is 0.866. The molecule has 0 spiro atoms. The second-order valence-corrected chi connectivity index (χ2v) is 4.92. The Labute approximate surface area is 102 Å². The van der Waals surface area contributed by atoms with E-state index in [0.717, 1.165) is 24.5 Å². The van der Waals surface area contributed by atoms with Crippen LogP contribution in [0.15, 0.2) is 36.5 Å². The van der Waals surface area contributed by atoms with Crippen molar-refractivity contribution < 1.29 is 0 Å². The molecule has 1 heterocycles. The number of aromatic nitrogens is 1. The van der Waals surface area contributed by atoms with Crippen LogP contribution in [-0.2, 0) is 6.54 Å². The Balaban J connectivity index is 1.71. The van der Waals surface area contributed by atoms with Crippen LogP contribution in [0.1, 0.15) is 24.8 Å². The number of nitrogens with one attached hydrogen (secondary N) is 1. The van der Waals surface area contributed by atoms with E-state index >= 15 is 0 Å². The molecule has 1 saturated carbocycles. The third-order valence-corrected chi connectivity index (χ3v) is 3.71. The fourth-order valence-electron chi connectivity index (χ4n) is 2.42. The van der Waals surface area contributed by atoms with Gasteiger partial charge in [-0.2, -0.15) is 0 Å². The molecule has 2 heteroatoms. The average molecular weight is 226 g/mol. The zero-order valence-electron chi connectivity index (χ0n) is 10.0. The molecule has 1 aromatic heterocycles. The first-order chi connectivity index (χ1) is 8.43. The zero-order valence-corrected chi connectivity index (χ0v) is 10.0. The van der Waals surface area contributed by atoms with Crippen LogP contribution in [0.5, 0.6) is 0 Å². The van der Waals surface area contributed by atoms with E-state index in [1.54, 1.807) is 0 Å². The van der Waals surface area contributed by atoms with E-state index in [-0.39, 0.29) is 0 Å². The van der Waals surface area contributed by atoms with Gasteiger partial charge in [0, 0.05) is 18.1 Å². The lowest BCUT2D eigenvalue weighted by Crippen LogP contribution is -2.26. The van der Waals surface area contributed by atoms with Crippen molar-refractivity contribution >= 4 is 10.9 Å². The average Bonchev–Trinajstić information content (AvgIpc) is 2.32. The van der Waals surface area contributed by atoms with Crippen molar-refractivity contribution in [1.29, 1.82) is 0 Å². The van der Waals surface area contributed by atoms with Crippen LogP contribution in [0.25, 0.3) is 10.9 Å². The molecule has 1 fully saturated rings. The predicted molar refractivity (Wildman–Crippen MR) is 70.8 cm³/mol. The molecular weight excluding hydrogens is 208 g/mol. The van der Waals surface area contributed by atoms with Crippen molar-refractivity contribution in [3.05, 3.63) is 42.1 Å². The maximum Gasteiger partial charge on any atom is 0.0705 e. The van der Waals surface area contributed by atoms with Crippen LogP contribution in [-0.4, -0.2) is 11.5 Å². The Morgan fingerprint density at radius 1 is 1.18 bits per heavy atom. The summed E-state index contributed by atoms with van der Waals surface area (Å²) in [7, 11) is 0. The summed E-state index contributed by atoms with van der Waals surface area (Å²) in [6.07, 6.45) is 6.14. The first-order valence-corrected chi connectivity index (χ1v) is 6.47. The summed E-state index contributed by atoms with van der Waals surface area (Å²) < 4.78 is 0. The summed E-state index contributed by atoms with van der Waals surface area (Å²) in [5.74, 6) is 0.920. The molecule has 0 atom stereocenters. The Morgan fingerprint density at radius 2 is 2.06 bits per heavy atom. The Bertz CT molecular complexity index is 498. The van der Waals surface area contributed by atoms with Gasteiger partial charge in [-0.3, -0.25) is 4.98 Å². The summed E-state index contributed by atoms with van der Waals surface area (Å²) in [5, 5.41) is 4.84. The number of hydrogen-bond acceptors (Lipinski definition) is 2. The number of rotatable bonds is 4. The lowest BCUT2D eigenvalue weighted by atomic mass is 9.85. The molecule has 3 rings (SSSR count). The van der Waals surface area contributed by atoms with Crippen molar-refractivity contribution in [3.8, 4) is 0 Å². The van der Waals surface area contributed by atoms with Crippen LogP contribution >= 0.6 is 0 Å². The Kier molecular flexibility index (Phi) is 3.06. The zero-order chi connectivity index (χ0) is 11.5. The van der Waals surface area contributed by atoms with Gasteiger partial charge >= 0.3 is 0 Å². The van der Waals surface area contributed by atoms with Gasteiger partial charge in [0.25, 0.3) is 0 Å². The van der Waals surface area contributed by atoms with Gasteiger partial charge < -0.3 is 5.32 Å². The molecule has 0 saturated heterocycles. The van der Waals surface area contributed by atoms with E-state index < -0.39 is 0 Å². The molecule has 2 nitrogen and oxygen atoms in total. The van der Waals surface area contributed by atoms with E-state index in [9.17, 15) is 0 Å². The van der Waals surface area contributed by atoms with E-state index in [1.807, 2.05) is 12.3 Å². The van der Waals surface area contributed by atoms with Crippen molar-refractivity contribution in [2.24, 2.45) is 5.92 Å². The predicted octanol–water partition coefficient (Wildman–Crippen LogP) is 3.12. The van der Waals surface area contributed by atoms with Crippen molar-refractivity contribution in [2.45, 2.75) is 25.8 Å². The van der Waals surface area contributed by atoms with Gasteiger partial charge in [0.05, 0.1) is 5.52 Å². The molecular formula is C15H18N2. The summed E-state index contributed by atoms with van der Waals surface area (Å²) >= 11 is 0. The topological polar surface area (TPSA) is 24.9 Å². The second-order valence-electron chi connectivity index (χ2n) is 4.92. The summed E-state index contributed by atoms with van der Waals surface area (Å²) in [6.45, 7) is 2.12. The highest BCUT2D eigenvalue weighted by Gasteiger charge is 2.16. The minimum absolute atomic E-state index is 0.920. The minimum Gasteiger partial charge on any atom is -0.312 e. The summed E-state index contributed by atoms with van der Waals surface area (Å²) in [6, 6.07) is 10.5. The van der Waals surface area contributed by atoms with E-state index in [1.165, 1.54) is 30.2 Å². The number of pyridine rings is 1. The van der Waals surface area contributed by atoms with Crippen LogP contribution < -0.4 is 5.32 Å². The van der Waals surface area contributed by atoms with Crippen molar-refractivity contribution in [2.75, 3.05) is 6.54 Å². The molecule has 2 aromatic rings. The van der Waals surface area contributed by atoms with E-state index in [0.29, 0.717) is 0 Å². The van der Waals surface area contributed by atoms with Crippen molar-refractivity contribution in [3.63, 3.8) is 0 Å².